The molecule has 0 spiro atoms. The topological polar surface area (TPSA) is 17.1 Å². The van der Waals surface area contributed by atoms with Gasteiger partial charge in [-0.3, -0.25) is 0 Å². The highest BCUT2D eigenvalue weighted by Gasteiger charge is 2.64. The summed E-state index contributed by atoms with van der Waals surface area (Å²) in [6.45, 7) is 0. The highest BCUT2D eigenvalue weighted by atomic mass is 19.2. The molecular formula is C11H14F2O. The molecule has 0 aliphatic heterocycles. The van der Waals surface area contributed by atoms with E-state index in [2.05, 4.69) is 0 Å². The summed E-state index contributed by atoms with van der Waals surface area (Å²) in [5, 5.41) is 0. The number of carbonyl (C=O) groups is 1. The van der Waals surface area contributed by atoms with Crippen molar-refractivity contribution in [1.82, 2.24) is 0 Å². The molecule has 78 valence electrons. The van der Waals surface area contributed by atoms with Crippen LogP contribution >= 0.6 is 0 Å². The zero-order valence-corrected chi connectivity index (χ0v) is 8.06. The number of hydrogen-bond donors (Lipinski definition) is 0. The Balaban J connectivity index is 2.05. The Morgan fingerprint density at radius 1 is 1.00 bits per heavy atom. The molecule has 0 heterocycles. The van der Waals surface area contributed by atoms with E-state index in [9.17, 15) is 13.6 Å². The van der Waals surface area contributed by atoms with Gasteiger partial charge in [0.1, 0.15) is 17.6 Å². The summed E-state index contributed by atoms with van der Waals surface area (Å²) in [6.07, 6.45) is 3.07. The van der Waals surface area contributed by atoms with Crippen molar-refractivity contribution in [2.45, 2.75) is 49.9 Å². The lowest BCUT2D eigenvalue weighted by Gasteiger charge is -2.59. The van der Waals surface area contributed by atoms with Crippen LogP contribution < -0.4 is 0 Å². The molecule has 4 saturated carbocycles. The molecule has 1 nitrogen and oxygen atoms in total. The van der Waals surface area contributed by atoms with E-state index in [4.69, 9.17) is 0 Å². The van der Waals surface area contributed by atoms with Crippen LogP contribution in [0.3, 0.4) is 0 Å². The first kappa shape index (κ1) is 8.81. The number of carbonyl (C=O) groups excluding carboxylic acids is 1. The van der Waals surface area contributed by atoms with Crippen LogP contribution in [0.1, 0.15) is 38.5 Å². The maximum Gasteiger partial charge on any atom is 0.126 e. The number of alkyl halides is 2. The molecule has 0 saturated heterocycles. The van der Waals surface area contributed by atoms with Crippen LogP contribution in [-0.2, 0) is 4.79 Å². The number of halogens is 2. The van der Waals surface area contributed by atoms with E-state index in [-0.39, 0.29) is 25.2 Å². The summed E-state index contributed by atoms with van der Waals surface area (Å²) in [5.41, 5.74) is -3.42. The molecule has 2 atom stereocenters. The largest absolute Gasteiger partial charge is 0.303 e. The molecule has 0 radical (unpaired) electrons. The first-order valence-electron chi connectivity index (χ1n) is 5.31. The molecule has 14 heavy (non-hydrogen) atoms. The summed E-state index contributed by atoms with van der Waals surface area (Å²) < 4.78 is 28.3. The smallest absolute Gasteiger partial charge is 0.126 e. The van der Waals surface area contributed by atoms with Crippen molar-refractivity contribution < 1.29 is 13.6 Å². The van der Waals surface area contributed by atoms with Gasteiger partial charge in [-0.25, -0.2) is 8.78 Å². The van der Waals surface area contributed by atoms with Gasteiger partial charge < -0.3 is 4.79 Å². The zero-order chi connectivity index (χ0) is 10.0. The van der Waals surface area contributed by atoms with Crippen LogP contribution in [0, 0.1) is 11.3 Å². The molecule has 0 amide bonds. The normalized spacial score (nSPS) is 60.3. The van der Waals surface area contributed by atoms with Gasteiger partial charge in [0, 0.05) is 11.8 Å². The lowest BCUT2D eigenvalue weighted by molar-refractivity contribution is -0.175. The molecular weight excluding hydrogens is 186 g/mol. The molecule has 2 unspecified atom stereocenters. The van der Waals surface area contributed by atoms with Gasteiger partial charge in [-0.1, -0.05) is 0 Å². The van der Waals surface area contributed by atoms with E-state index >= 15 is 0 Å². The van der Waals surface area contributed by atoms with Gasteiger partial charge in [-0.2, -0.15) is 0 Å². The van der Waals surface area contributed by atoms with E-state index < -0.39 is 16.8 Å². The van der Waals surface area contributed by atoms with Crippen molar-refractivity contribution in [1.29, 1.82) is 0 Å². The maximum atomic E-state index is 14.2. The Bertz CT molecular complexity index is 284. The van der Waals surface area contributed by atoms with Crippen LogP contribution in [-0.4, -0.2) is 17.6 Å². The van der Waals surface area contributed by atoms with Crippen LogP contribution in [0.15, 0.2) is 0 Å². The van der Waals surface area contributed by atoms with Gasteiger partial charge in [0.05, 0.1) is 0 Å². The van der Waals surface area contributed by atoms with Gasteiger partial charge in [0.15, 0.2) is 0 Å². The van der Waals surface area contributed by atoms with Gasteiger partial charge >= 0.3 is 0 Å². The Morgan fingerprint density at radius 2 is 1.57 bits per heavy atom. The summed E-state index contributed by atoms with van der Waals surface area (Å²) in [5.74, 6) is 0.103. The number of hydrogen-bond acceptors (Lipinski definition) is 1. The fourth-order valence-corrected chi connectivity index (χ4v) is 4.41. The Hall–Kier alpha value is -0.470. The van der Waals surface area contributed by atoms with E-state index in [0.717, 1.165) is 6.29 Å². The Labute approximate surface area is 81.9 Å². The van der Waals surface area contributed by atoms with Crippen molar-refractivity contribution >= 4 is 6.29 Å². The van der Waals surface area contributed by atoms with Crippen LogP contribution in [0.2, 0.25) is 0 Å². The molecule has 0 aromatic rings. The average molecular weight is 200 g/mol. The second-order valence-electron chi connectivity index (χ2n) is 5.79. The second-order valence-corrected chi connectivity index (χ2v) is 5.79. The zero-order valence-electron chi connectivity index (χ0n) is 8.06. The predicted molar refractivity (Wildman–Crippen MR) is 47.4 cm³/mol. The van der Waals surface area contributed by atoms with Crippen molar-refractivity contribution in [2.24, 2.45) is 11.3 Å². The average Bonchev–Trinajstić information content (AvgIpc) is 1.97. The first-order valence-corrected chi connectivity index (χ1v) is 5.31. The Morgan fingerprint density at radius 3 is 2.00 bits per heavy atom. The standard InChI is InChI=1S/C11H14F2O/c12-10-2-8-1-9(4-10,7-14)5-11(13,3-8)6-10/h7-8H,1-6H2. The third kappa shape index (κ3) is 1.01. The maximum absolute atomic E-state index is 14.2. The number of aldehydes is 1. The summed E-state index contributed by atoms with van der Waals surface area (Å²) in [6, 6.07) is 0. The van der Waals surface area contributed by atoms with E-state index in [1.807, 2.05) is 0 Å². The molecule has 4 aliphatic rings. The van der Waals surface area contributed by atoms with Gasteiger partial charge in [-0.05, 0) is 38.0 Å². The van der Waals surface area contributed by atoms with Crippen molar-refractivity contribution in [3.8, 4) is 0 Å². The van der Waals surface area contributed by atoms with Crippen LogP contribution in [0.5, 0.6) is 0 Å². The van der Waals surface area contributed by atoms with Gasteiger partial charge in [0.2, 0.25) is 0 Å². The van der Waals surface area contributed by atoms with E-state index in [0.29, 0.717) is 19.3 Å². The molecule has 0 aromatic heterocycles. The SMILES string of the molecule is O=CC12CC3CC(F)(CC(F)(C3)C1)C2. The van der Waals surface area contributed by atoms with Crippen LogP contribution in [0.4, 0.5) is 8.78 Å². The minimum absolute atomic E-state index is 0.0338. The molecule has 4 fully saturated rings. The predicted octanol–water partition coefficient (Wildman–Crippen LogP) is 2.59. The molecule has 0 aromatic carbocycles. The van der Waals surface area contributed by atoms with Gasteiger partial charge in [-0.15, -0.1) is 0 Å². The highest BCUT2D eigenvalue weighted by Crippen LogP contribution is 2.64. The molecule has 3 heteroatoms. The fraction of sp³-hybridized carbons (Fsp3) is 0.909. The molecule has 4 aliphatic carbocycles. The number of rotatable bonds is 1. The van der Waals surface area contributed by atoms with Crippen LogP contribution in [0.25, 0.3) is 0 Å². The van der Waals surface area contributed by atoms with Crippen molar-refractivity contribution in [3.05, 3.63) is 0 Å². The lowest BCUT2D eigenvalue weighted by Crippen LogP contribution is -2.60. The quantitative estimate of drug-likeness (QED) is 0.594. The lowest BCUT2D eigenvalue weighted by atomic mass is 9.48. The summed E-state index contributed by atoms with van der Waals surface area (Å²) in [7, 11) is 0. The molecule has 0 N–H and O–H groups in total. The minimum Gasteiger partial charge on any atom is -0.303 e. The summed E-state index contributed by atoms with van der Waals surface area (Å²) >= 11 is 0. The third-order valence-electron chi connectivity index (χ3n) is 4.23. The highest BCUT2D eigenvalue weighted by molar-refractivity contribution is 5.61. The Kier molecular flexibility index (Phi) is 1.38. The molecule has 4 rings (SSSR count). The third-order valence-corrected chi connectivity index (χ3v) is 4.23. The fourth-order valence-electron chi connectivity index (χ4n) is 4.41. The van der Waals surface area contributed by atoms with Crippen molar-refractivity contribution in [3.63, 3.8) is 0 Å². The monoisotopic (exact) mass is 200 g/mol. The molecule has 4 bridgehead atoms. The minimum atomic E-state index is -1.38. The van der Waals surface area contributed by atoms with E-state index in [1.165, 1.54) is 0 Å². The second kappa shape index (κ2) is 2.20. The van der Waals surface area contributed by atoms with Crippen molar-refractivity contribution in [2.75, 3.05) is 0 Å². The van der Waals surface area contributed by atoms with E-state index in [1.54, 1.807) is 0 Å². The van der Waals surface area contributed by atoms with Gasteiger partial charge in [0.25, 0.3) is 0 Å². The first-order chi connectivity index (χ1) is 6.47. The summed E-state index contributed by atoms with van der Waals surface area (Å²) in [4.78, 5) is 11.0.